The van der Waals surface area contributed by atoms with Crippen molar-refractivity contribution in [2.45, 2.75) is 31.6 Å². The minimum absolute atomic E-state index is 0.0510. The van der Waals surface area contributed by atoms with E-state index in [1.54, 1.807) is 12.1 Å². The molecule has 0 aromatic heterocycles. The minimum Gasteiger partial charge on any atom is -0.459 e. The van der Waals surface area contributed by atoms with Gasteiger partial charge in [0.25, 0.3) is 5.91 Å². The van der Waals surface area contributed by atoms with Gasteiger partial charge in [-0.2, -0.15) is 0 Å². The van der Waals surface area contributed by atoms with Gasteiger partial charge in [0.05, 0.1) is 26.4 Å². The summed E-state index contributed by atoms with van der Waals surface area (Å²) >= 11 is 0. The van der Waals surface area contributed by atoms with Crippen LogP contribution in [0.15, 0.2) is 78.6 Å². The molecule has 3 aromatic carbocycles. The SMILES string of the molecule is O=C(NCc1ccc(F)cc1)C1=C[C@@H](c2cccc3c2Cc2ccccc2-3)C[C@@H](OCCOCCO)O1. The monoisotopic (exact) mass is 503 g/mol. The maximum atomic E-state index is 13.2. The highest BCUT2D eigenvalue weighted by molar-refractivity contribution is 5.91. The molecule has 0 saturated heterocycles. The zero-order valence-electron chi connectivity index (χ0n) is 20.5. The Balaban J connectivity index is 1.36. The van der Waals surface area contributed by atoms with Crippen LogP contribution in [0, 0.1) is 5.82 Å². The van der Waals surface area contributed by atoms with Gasteiger partial charge < -0.3 is 24.6 Å². The molecule has 3 aromatic rings. The number of aliphatic hydroxyl groups is 1. The number of rotatable bonds is 10. The minimum atomic E-state index is -0.626. The van der Waals surface area contributed by atoms with Gasteiger partial charge in [-0.1, -0.05) is 54.6 Å². The number of allylic oxidation sites excluding steroid dienone is 1. The molecular weight excluding hydrogens is 473 g/mol. The van der Waals surface area contributed by atoms with Gasteiger partial charge in [-0.25, -0.2) is 4.39 Å². The Morgan fingerprint density at radius 2 is 1.81 bits per heavy atom. The summed E-state index contributed by atoms with van der Waals surface area (Å²) in [6.07, 6.45) is 2.65. The van der Waals surface area contributed by atoms with Crippen LogP contribution < -0.4 is 5.32 Å². The molecule has 37 heavy (non-hydrogen) atoms. The van der Waals surface area contributed by atoms with Crippen molar-refractivity contribution in [3.63, 3.8) is 0 Å². The zero-order valence-corrected chi connectivity index (χ0v) is 20.5. The van der Waals surface area contributed by atoms with Crippen LogP contribution >= 0.6 is 0 Å². The Hall–Kier alpha value is -3.52. The van der Waals surface area contributed by atoms with E-state index in [0.29, 0.717) is 13.0 Å². The fourth-order valence-corrected chi connectivity index (χ4v) is 4.94. The standard InChI is InChI=1S/C30H30FNO5/c31-23-10-8-20(9-11-23)19-32-30(34)28-17-22(18-29(37-28)36-15-14-35-13-12-33)25-6-3-7-26-24-5-2-1-4-21(24)16-27(25)26/h1-11,17,22,29,33H,12-16,18-19H2,(H,32,34)/t22-,29+/m1/s1. The molecular formula is C30H30FNO5. The fourth-order valence-electron chi connectivity index (χ4n) is 4.94. The zero-order chi connectivity index (χ0) is 25.6. The van der Waals surface area contributed by atoms with Gasteiger partial charge in [0, 0.05) is 18.9 Å². The molecule has 2 atom stereocenters. The Bertz CT molecular complexity index is 1270. The number of carbonyl (C=O) groups excluding carboxylic acids is 1. The third-order valence-electron chi connectivity index (χ3n) is 6.70. The fraction of sp³-hybridized carbons (Fsp3) is 0.300. The first kappa shape index (κ1) is 25.1. The van der Waals surface area contributed by atoms with Crippen molar-refractivity contribution in [3.8, 4) is 11.1 Å². The van der Waals surface area contributed by atoms with E-state index in [0.717, 1.165) is 17.5 Å². The molecule has 0 radical (unpaired) electrons. The lowest BCUT2D eigenvalue weighted by molar-refractivity contribution is -0.151. The van der Waals surface area contributed by atoms with E-state index in [1.807, 2.05) is 6.08 Å². The second-order valence-electron chi connectivity index (χ2n) is 9.14. The van der Waals surface area contributed by atoms with Crippen LogP contribution in [-0.2, 0) is 32.0 Å². The van der Waals surface area contributed by atoms with Crippen LogP contribution in [0.4, 0.5) is 4.39 Å². The largest absolute Gasteiger partial charge is 0.459 e. The molecule has 1 aliphatic carbocycles. The number of nitrogens with one attached hydrogen (secondary N) is 1. The Labute approximate surface area is 215 Å². The lowest BCUT2D eigenvalue weighted by Crippen LogP contribution is -2.33. The summed E-state index contributed by atoms with van der Waals surface area (Å²) in [5.41, 5.74) is 6.99. The number of carbonyl (C=O) groups is 1. The average molecular weight is 504 g/mol. The summed E-state index contributed by atoms with van der Waals surface area (Å²) in [6, 6.07) is 20.8. The first-order valence-corrected chi connectivity index (χ1v) is 12.5. The first-order chi connectivity index (χ1) is 18.1. The molecule has 0 spiro atoms. The maximum Gasteiger partial charge on any atom is 0.286 e. The molecule has 2 aliphatic rings. The number of benzene rings is 3. The van der Waals surface area contributed by atoms with Gasteiger partial charge in [0.1, 0.15) is 5.82 Å². The quantitative estimate of drug-likeness (QED) is 0.313. The lowest BCUT2D eigenvalue weighted by Gasteiger charge is -2.30. The predicted octanol–water partition coefficient (Wildman–Crippen LogP) is 4.45. The molecule has 6 nitrogen and oxygen atoms in total. The van der Waals surface area contributed by atoms with Crippen molar-refractivity contribution < 1.29 is 28.5 Å². The van der Waals surface area contributed by atoms with Gasteiger partial charge in [-0.3, -0.25) is 4.79 Å². The number of aliphatic hydroxyl groups excluding tert-OH is 1. The maximum absolute atomic E-state index is 13.2. The topological polar surface area (TPSA) is 77.0 Å². The van der Waals surface area contributed by atoms with Gasteiger partial charge in [0.15, 0.2) is 5.76 Å². The van der Waals surface area contributed by atoms with Crippen molar-refractivity contribution in [1.82, 2.24) is 5.32 Å². The Kier molecular flexibility index (Phi) is 7.94. The highest BCUT2D eigenvalue weighted by Gasteiger charge is 2.31. The summed E-state index contributed by atoms with van der Waals surface area (Å²) in [5.74, 6) is -0.549. The molecule has 0 saturated carbocycles. The number of ether oxygens (including phenoxy) is 3. The highest BCUT2D eigenvalue weighted by atomic mass is 19.1. The Morgan fingerprint density at radius 1 is 1.00 bits per heavy atom. The first-order valence-electron chi connectivity index (χ1n) is 12.5. The number of fused-ring (bicyclic) bond motifs is 3. The third-order valence-corrected chi connectivity index (χ3v) is 6.70. The lowest BCUT2D eigenvalue weighted by atomic mass is 9.87. The number of hydrogen-bond donors (Lipinski definition) is 2. The highest BCUT2D eigenvalue weighted by Crippen LogP contribution is 2.42. The second kappa shape index (κ2) is 11.7. The normalized spacial score (nSPS) is 17.9. The van der Waals surface area contributed by atoms with Gasteiger partial charge in [-0.05, 0) is 58.0 Å². The molecule has 5 rings (SSSR count). The Morgan fingerprint density at radius 3 is 2.65 bits per heavy atom. The summed E-state index contributed by atoms with van der Waals surface area (Å²) in [5, 5.41) is 11.8. The molecule has 0 bridgehead atoms. The van der Waals surface area contributed by atoms with E-state index >= 15 is 0 Å². The van der Waals surface area contributed by atoms with Crippen LogP contribution in [0.3, 0.4) is 0 Å². The van der Waals surface area contributed by atoms with E-state index in [4.69, 9.17) is 19.3 Å². The number of hydrogen-bond acceptors (Lipinski definition) is 5. The molecule has 192 valence electrons. The van der Waals surface area contributed by atoms with Crippen molar-refractivity contribution in [2.24, 2.45) is 0 Å². The van der Waals surface area contributed by atoms with Crippen LogP contribution in [0.2, 0.25) is 0 Å². The number of halogens is 1. The average Bonchev–Trinajstić information content (AvgIpc) is 3.31. The van der Waals surface area contributed by atoms with Crippen LogP contribution in [0.5, 0.6) is 0 Å². The van der Waals surface area contributed by atoms with E-state index in [9.17, 15) is 9.18 Å². The smallest absolute Gasteiger partial charge is 0.286 e. The van der Waals surface area contributed by atoms with Gasteiger partial charge >= 0.3 is 0 Å². The van der Waals surface area contributed by atoms with Crippen LogP contribution in [-0.4, -0.2) is 43.7 Å². The van der Waals surface area contributed by atoms with E-state index in [-0.39, 0.29) is 49.8 Å². The van der Waals surface area contributed by atoms with Crippen molar-refractivity contribution in [2.75, 3.05) is 26.4 Å². The molecule has 1 heterocycles. The van der Waals surface area contributed by atoms with Crippen molar-refractivity contribution in [3.05, 3.63) is 107 Å². The van der Waals surface area contributed by atoms with E-state index in [1.165, 1.54) is 34.4 Å². The van der Waals surface area contributed by atoms with Crippen LogP contribution in [0.1, 0.15) is 34.6 Å². The predicted molar refractivity (Wildman–Crippen MR) is 137 cm³/mol. The number of amides is 1. The second-order valence-corrected chi connectivity index (χ2v) is 9.14. The van der Waals surface area contributed by atoms with E-state index < -0.39 is 6.29 Å². The molecule has 1 amide bonds. The molecule has 2 N–H and O–H groups in total. The van der Waals surface area contributed by atoms with Gasteiger partial charge in [0.2, 0.25) is 6.29 Å². The van der Waals surface area contributed by atoms with Gasteiger partial charge in [-0.15, -0.1) is 0 Å². The molecule has 1 aliphatic heterocycles. The molecule has 7 heteroatoms. The van der Waals surface area contributed by atoms with Crippen LogP contribution in [0.25, 0.3) is 11.1 Å². The summed E-state index contributed by atoms with van der Waals surface area (Å²) in [6.45, 7) is 1.04. The third kappa shape index (κ3) is 5.91. The molecule has 0 unspecified atom stereocenters. The molecule has 0 fully saturated rings. The van der Waals surface area contributed by atoms with Crippen molar-refractivity contribution in [1.29, 1.82) is 0 Å². The summed E-state index contributed by atoms with van der Waals surface area (Å²) < 4.78 is 30.4. The van der Waals surface area contributed by atoms with Crippen molar-refractivity contribution >= 4 is 5.91 Å². The van der Waals surface area contributed by atoms with E-state index in [2.05, 4.69) is 47.8 Å². The summed E-state index contributed by atoms with van der Waals surface area (Å²) in [7, 11) is 0. The summed E-state index contributed by atoms with van der Waals surface area (Å²) in [4.78, 5) is 13.1.